The van der Waals surface area contributed by atoms with Crippen LogP contribution in [0.1, 0.15) is 43.2 Å². The number of piperidine rings is 1. The van der Waals surface area contributed by atoms with Crippen molar-refractivity contribution in [1.82, 2.24) is 15.0 Å². The molecule has 0 atom stereocenters. The van der Waals surface area contributed by atoms with E-state index in [-0.39, 0.29) is 0 Å². The average Bonchev–Trinajstić information content (AvgIpc) is 3.14. The molecule has 0 amide bonds. The molecule has 0 spiro atoms. The van der Waals surface area contributed by atoms with Gasteiger partial charge in [0.15, 0.2) is 0 Å². The molecule has 3 aromatic rings. The molecule has 0 aromatic carbocycles. The molecule has 2 aliphatic rings. The van der Waals surface area contributed by atoms with Crippen molar-refractivity contribution in [1.29, 1.82) is 0 Å². The number of fused-ring (bicyclic) bond motifs is 5. The number of nitrogens with one attached hydrogen (secondary N) is 1. The smallest absolute Gasteiger partial charge is 0.147 e. The van der Waals surface area contributed by atoms with Gasteiger partial charge >= 0.3 is 0 Å². The summed E-state index contributed by atoms with van der Waals surface area (Å²) in [6.45, 7) is 3.67. The normalized spacial score (nSPS) is 17.2. The number of ether oxygens (including phenoxy) is 1. The molecule has 6 nitrogen and oxygen atoms in total. The lowest BCUT2D eigenvalue weighted by molar-refractivity contribution is 0.210. The monoisotopic (exact) mass is 397 g/mol. The molecule has 0 radical (unpaired) electrons. The first kappa shape index (κ1) is 18.1. The number of pyridine rings is 1. The molecule has 5 rings (SSSR count). The molecule has 3 aromatic heterocycles. The molecular weight excluding hydrogens is 370 g/mol. The molecular formula is C21H27N5OS. The molecule has 28 heavy (non-hydrogen) atoms. The average molecular weight is 398 g/mol. The summed E-state index contributed by atoms with van der Waals surface area (Å²) in [4.78, 5) is 18.0. The Morgan fingerprint density at radius 2 is 1.89 bits per heavy atom. The first-order chi connectivity index (χ1) is 13.9. The van der Waals surface area contributed by atoms with E-state index in [1.54, 1.807) is 24.8 Å². The summed E-state index contributed by atoms with van der Waals surface area (Å²) in [5.74, 6) is 2.14. The maximum atomic E-state index is 5.21. The van der Waals surface area contributed by atoms with Crippen LogP contribution in [0.25, 0.3) is 20.4 Å². The highest BCUT2D eigenvalue weighted by Gasteiger charge is 2.26. The predicted molar refractivity (Wildman–Crippen MR) is 116 cm³/mol. The number of aryl methyl sites for hydroxylation is 1. The SMILES string of the molecule is COCCNc1ncnc2c1sc1nc(N3CCCCC3)c3c(c12)CCCC3. The van der Waals surface area contributed by atoms with Crippen molar-refractivity contribution in [2.75, 3.05) is 43.6 Å². The molecule has 0 saturated carbocycles. The van der Waals surface area contributed by atoms with Gasteiger partial charge in [0, 0.05) is 32.1 Å². The Kier molecular flexibility index (Phi) is 5.03. The third kappa shape index (κ3) is 3.10. The number of aromatic nitrogens is 3. The van der Waals surface area contributed by atoms with Crippen molar-refractivity contribution < 1.29 is 4.74 Å². The van der Waals surface area contributed by atoms with Gasteiger partial charge in [0.2, 0.25) is 0 Å². The van der Waals surface area contributed by atoms with Crippen molar-refractivity contribution in [3.8, 4) is 0 Å². The van der Waals surface area contributed by atoms with E-state index in [1.165, 1.54) is 54.4 Å². The second-order valence-electron chi connectivity index (χ2n) is 7.75. The number of anilines is 2. The third-order valence-electron chi connectivity index (χ3n) is 5.95. The highest BCUT2D eigenvalue weighted by atomic mass is 32.1. The van der Waals surface area contributed by atoms with Crippen LogP contribution in [0, 0.1) is 0 Å². The highest BCUT2D eigenvalue weighted by molar-refractivity contribution is 7.26. The summed E-state index contributed by atoms with van der Waals surface area (Å²) in [5, 5.41) is 4.67. The minimum atomic E-state index is 0.656. The van der Waals surface area contributed by atoms with E-state index in [0.717, 1.165) is 53.3 Å². The van der Waals surface area contributed by atoms with E-state index in [2.05, 4.69) is 20.2 Å². The minimum absolute atomic E-state index is 0.656. The lowest BCUT2D eigenvalue weighted by Gasteiger charge is -2.31. The van der Waals surface area contributed by atoms with Crippen LogP contribution < -0.4 is 10.2 Å². The fourth-order valence-electron chi connectivity index (χ4n) is 4.60. The topological polar surface area (TPSA) is 63.2 Å². The molecule has 1 fully saturated rings. The summed E-state index contributed by atoms with van der Waals surface area (Å²) in [7, 11) is 1.72. The van der Waals surface area contributed by atoms with Gasteiger partial charge in [0.1, 0.15) is 22.8 Å². The van der Waals surface area contributed by atoms with Gasteiger partial charge in [0.25, 0.3) is 0 Å². The second kappa shape index (κ2) is 7.79. The van der Waals surface area contributed by atoms with Crippen LogP contribution in [0.5, 0.6) is 0 Å². The first-order valence-corrected chi connectivity index (χ1v) is 11.2. The summed E-state index contributed by atoms with van der Waals surface area (Å²) < 4.78 is 6.29. The number of methoxy groups -OCH3 is 1. The van der Waals surface area contributed by atoms with Crippen molar-refractivity contribution in [3.05, 3.63) is 17.5 Å². The fraction of sp³-hybridized carbons (Fsp3) is 0.571. The van der Waals surface area contributed by atoms with Gasteiger partial charge < -0.3 is 15.0 Å². The molecule has 0 unspecified atom stereocenters. The largest absolute Gasteiger partial charge is 0.383 e. The molecule has 4 heterocycles. The fourth-order valence-corrected chi connectivity index (χ4v) is 5.72. The van der Waals surface area contributed by atoms with Gasteiger partial charge in [-0.15, -0.1) is 11.3 Å². The van der Waals surface area contributed by atoms with E-state index in [4.69, 9.17) is 9.72 Å². The molecule has 0 bridgehead atoms. The van der Waals surface area contributed by atoms with Gasteiger partial charge in [-0.1, -0.05) is 0 Å². The standard InChI is InChI=1S/C21H27N5OS/c1-27-12-9-22-19-18-17(23-13-24-19)16-14-7-3-4-8-15(14)20(25-21(16)28-18)26-10-5-2-6-11-26/h13H,2-12H2,1H3,(H,22,23,24). The van der Waals surface area contributed by atoms with E-state index in [9.17, 15) is 0 Å². The zero-order valence-electron chi connectivity index (χ0n) is 16.5. The quantitative estimate of drug-likeness (QED) is 0.652. The third-order valence-corrected chi connectivity index (χ3v) is 7.03. The van der Waals surface area contributed by atoms with Crippen LogP contribution in [0.15, 0.2) is 6.33 Å². The Labute approximate surface area is 169 Å². The lowest BCUT2D eigenvalue weighted by atomic mass is 9.89. The zero-order chi connectivity index (χ0) is 18.9. The van der Waals surface area contributed by atoms with Gasteiger partial charge in [-0.25, -0.2) is 15.0 Å². The Morgan fingerprint density at radius 1 is 1.07 bits per heavy atom. The number of nitrogens with zero attached hydrogens (tertiary/aromatic N) is 4. The lowest BCUT2D eigenvalue weighted by Crippen LogP contribution is -2.31. The maximum Gasteiger partial charge on any atom is 0.147 e. The number of rotatable bonds is 5. The summed E-state index contributed by atoms with van der Waals surface area (Å²) in [6, 6.07) is 0. The van der Waals surface area contributed by atoms with Crippen LogP contribution >= 0.6 is 11.3 Å². The minimum Gasteiger partial charge on any atom is -0.383 e. The van der Waals surface area contributed by atoms with Gasteiger partial charge in [-0.2, -0.15) is 0 Å². The Hall–Kier alpha value is -1.99. The predicted octanol–water partition coefficient (Wildman–Crippen LogP) is 4.17. The van der Waals surface area contributed by atoms with Crippen molar-refractivity contribution in [2.45, 2.75) is 44.9 Å². The van der Waals surface area contributed by atoms with Gasteiger partial charge in [0.05, 0.1) is 16.8 Å². The van der Waals surface area contributed by atoms with Crippen LogP contribution in [-0.4, -0.2) is 48.3 Å². The molecule has 148 valence electrons. The summed E-state index contributed by atoms with van der Waals surface area (Å²) in [5.41, 5.74) is 4.03. The highest BCUT2D eigenvalue weighted by Crippen LogP contribution is 2.42. The molecule has 1 N–H and O–H groups in total. The Morgan fingerprint density at radius 3 is 2.71 bits per heavy atom. The number of thiophene rings is 1. The van der Waals surface area contributed by atoms with E-state index in [0.29, 0.717) is 6.61 Å². The first-order valence-electron chi connectivity index (χ1n) is 10.4. The van der Waals surface area contributed by atoms with E-state index in [1.807, 2.05) is 0 Å². The summed E-state index contributed by atoms with van der Waals surface area (Å²) >= 11 is 1.73. The van der Waals surface area contributed by atoms with Crippen LogP contribution in [-0.2, 0) is 17.6 Å². The van der Waals surface area contributed by atoms with Crippen molar-refractivity contribution in [3.63, 3.8) is 0 Å². The van der Waals surface area contributed by atoms with Crippen LogP contribution in [0.4, 0.5) is 11.6 Å². The number of hydrogen-bond donors (Lipinski definition) is 1. The second-order valence-corrected chi connectivity index (χ2v) is 8.75. The van der Waals surface area contributed by atoms with Crippen LogP contribution in [0.3, 0.4) is 0 Å². The molecule has 7 heteroatoms. The van der Waals surface area contributed by atoms with Gasteiger partial charge in [-0.3, -0.25) is 0 Å². The number of hydrogen-bond acceptors (Lipinski definition) is 7. The van der Waals surface area contributed by atoms with Gasteiger partial charge in [-0.05, 0) is 56.1 Å². The van der Waals surface area contributed by atoms with E-state index >= 15 is 0 Å². The summed E-state index contributed by atoms with van der Waals surface area (Å²) in [6.07, 6.45) is 10.4. The molecule has 1 aliphatic heterocycles. The van der Waals surface area contributed by atoms with E-state index < -0.39 is 0 Å². The molecule has 1 saturated heterocycles. The van der Waals surface area contributed by atoms with Crippen LogP contribution in [0.2, 0.25) is 0 Å². The van der Waals surface area contributed by atoms with Crippen molar-refractivity contribution >= 4 is 43.4 Å². The molecule has 1 aliphatic carbocycles. The zero-order valence-corrected chi connectivity index (χ0v) is 17.3. The Balaban J connectivity index is 1.68. The van der Waals surface area contributed by atoms with Crippen molar-refractivity contribution in [2.24, 2.45) is 0 Å². The maximum absolute atomic E-state index is 5.21. The Bertz CT molecular complexity index is 996.